The van der Waals surface area contributed by atoms with Crippen molar-refractivity contribution in [2.75, 3.05) is 5.73 Å². The molecule has 0 fully saturated rings. The van der Waals surface area contributed by atoms with Gasteiger partial charge in [0, 0.05) is 22.4 Å². The van der Waals surface area contributed by atoms with Crippen LogP contribution in [0.2, 0.25) is 0 Å². The SMILES string of the molecule is Cc1cccc(CSc2cc3[nH]c(=O)oc3cc2N)c1. The summed E-state index contributed by atoms with van der Waals surface area (Å²) in [7, 11) is 0. The highest BCUT2D eigenvalue weighted by Gasteiger charge is 2.07. The summed E-state index contributed by atoms with van der Waals surface area (Å²) in [5.74, 6) is 0.375. The maximum absolute atomic E-state index is 11.2. The van der Waals surface area contributed by atoms with Gasteiger partial charge < -0.3 is 10.2 Å². The van der Waals surface area contributed by atoms with Crippen molar-refractivity contribution < 1.29 is 4.42 Å². The highest BCUT2D eigenvalue weighted by Crippen LogP contribution is 2.31. The van der Waals surface area contributed by atoms with Crippen LogP contribution < -0.4 is 11.5 Å². The summed E-state index contributed by atoms with van der Waals surface area (Å²) in [6.07, 6.45) is 0. The van der Waals surface area contributed by atoms with Crippen LogP contribution in [0.3, 0.4) is 0 Å². The van der Waals surface area contributed by atoms with Crippen LogP contribution >= 0.6 is 11.8 Å². The van der Waals surface area contributed by atoms with Gasteiger partial charge in [-0.2, -0.15) is 0 Å². The Bertz CT molecular complexity index is 820. The number of aromatic nitrogens is 1. The number of H-pyrrole nitrogens is 1. The lowest BCUT2D eigenvalue weighted by Gasteiger charge is -2.06. The average molecular weight is 286 g/mol. The van der Waals surface area contributed by atoms with E-state index in [0.717, 1.165) is 10.6 Å². The van der Waals surface area contributed by atoms with Gasteiger partial charge in [0.25, 0.3) is 0 Å². The lowest BCUT2D eigenvalue weighted by Crippen LogP contribution is -1.93. The topological polar surface area (TPSA) is 72.0 Å². The van der Waals surface area contributed by atoms with Crippen molar-refractivity contribution in [2.45, 2.75) is 17.6 Å². The number of hydrogen-bond donors (Lipinski definition) is 2. The van der Waals surface area contributed by atoms with Gasteiger partial charge in [0.15, 0.2) is 5.58 Å². The third-order valence-corrected chi connectivity index (χ3v) is 4.17. The number of rotatable bonds is 3. The standard InChI is InChI=1S/C15H14N2O2S/c1-9-3-2-4-10(5-9)8-20-14-7-12-13(6-11(14)16)19-15(18)17-12/h2-7H,8,16H2,1H3,(H,17,18). The molecule has 0 aliphatic heterocycles. The van der Waals surface area contributed by atoms with Crippen LogP contribution in [0.25, 0.3) is 11.1 Å². The molecule has 2 aromatic carbocycles. The van der Waals surface area contributed by atoms with Crippen LogP contribution in [0.4, 0.5) is 5.69 Å². The Morgan fingerprint density at radius 1 is 1.30 bits per heavy atom. The molecular weight excluding hydrogens is 272 g/mol. The summed E-state index contributed by atoms with van der Waals surface area (Å²) < 4.78 is 4.98. The van der Waals surface area contributed by atoms with Crippen molar-refractivity contribution in [1.29, 1.82) is 0 Å². The Morgan fingerprint density at radius 3 is 2.95 bits per heavy atom. The molecule has 3 aromatic rings. The Kier molecular flexibility index (Phi) is 3.28. The smallest absolute Gasteiger partial charge is 0.408 e. The van der Waals surface area contributed by atoms with Crippen molar-refractivity contribution in [3.05, 3.63) is 58.1 Å². The van der Waals surface area contributed by atoms with Gasteiger partial charge in [-0.05, 0) is 18.6 Å². The molecule has 0 aliphatic rings. The molecule has 0 radical (unpaired) electrons. The maximum atomic E-state index is 11.2. The second-order valence-corrected chi connectivity index (χ2v) is 5.70. The van der Waals surface area contributed by atoms with Gasteiger partial charge in [0.1, 0.15) is 0 Å². The number of fused-ring (bicyclic) bond motifs is 1. The molecule has 0 bridgehead atoms. The molecule has 0 saturated carbocycles. The average Bonchev–Trinajstić information content (AvgIpc) is 2.75. The summed E-state index contributed by atoms with van der Waals surface area (Å²) in [5.41, 5.74) is 10.3. The van der Waals surface area contributed by atoms with Crippen LogP contribution in [0.1, 0.15) is 11.1 Å². The molecule has 3 N–H and O–H groups in total. The predicted molar refractivity (Wildman–Crippen MR) is 82.0 cm³/mol. The number of nitrogens with two attached hydrogens (primary N) is 1. The van der Waals surface area contributed by atoms with Crippen molar-refractivity contribution >= 4 is 28.5 Å². The largest absolute Gasteiger partial charge is 0.417 e. The van der Waals surface area contributed by atoms with E-state index in [1.807, 2.05) is 12.1 Å². The van der Waals surface area contributed by atoms with Crippen LogP contribution in [-0.4, -0.2) is 4.98 Å². The summed E-state index contributed by atoms with van der Waals surface area (Å²) >= 11 is 1.64. The van der Waals surface area contributed by atoms with E-state index >= 15 is 0 Å². The lowest BCUT2D eigenvalue weighted by atomic mass is 10.2. The van der Waals surface area contributed by atoms with Crippen molar-refractivity contribution in [2.24, 2.45) is 0 Å². The highest BCUT2D eigenvalue weighted by molar-refractivity contribution is 7.98. The minimum Gasteiger partial charge on any atom is -0.408 e. The molecular formula is C15H14N2O2S. The minimum atomic E-state index is -0.458. The first kappa shape index (κ1) is 12.9. The van der Waals surface area contributed by atoms with E-state index in [0.29, 0.717) is 16.8 Å². The predicted octanol–water partition coefficient (Wildman–Crippen LogP) is 3.30. The third kappa shape index (κ3) is 2.58. The molecule has 0 atom stereocenters. The third-order valence-electron chi connectivity index (χ3n) is 3.03. The molecule has 5 heteroatoms. The second kappa shape index (κ2) is 5.09. The van der Waals surface area contributed by atoms with Crippen molar-refractivity contribution in [3.8, 4) is 0 Å². The van der Waals surface area contributed by atoms with Gasteiger partial charge in [0.2, 0.25) is 0 Å². The van der Waals surface area contributed by atoms with E-state index in [4.69, 9.17) is 10.2 Å². The summed E-state index contributed by atoms with van der Waals surface area (Å²) in [6, 6.07) is 11.9. The number of aromatic amines is 1. The molecule has 0 saturated heterocycles. The zero-order chi connectivity index (χ0) is 14.1. The number of thioether (sulfide) groups is 1. The normalized spacial score (nSPS) is 11.1. The number of anilines is 1. The zero-order valence-corrected chi connectivity index (χ0v) is 11.8. The van der Waals surface area contributed by atoms with Gasteiger partial charge in [-0.15, -0.1) is 11.8 Å². The Balaban J connectivity index is 1.86. The van der Waals surface area contributed by atoms with E-state index in [2.05, 4.69) is 30.1 Å². The molecule has 20 heavy (non-hydrogen) atoms. The molecule has 0 aliphatic carbocycles. The first-order valence-electron chi connectivity index (χ1n) is 6.22. The molecule has 4 nitrogen and oxygen atoms in total. The number of benzene rings is 2. The van der Waals surface area contributed by atoms with Crippen molar-refractivity contribution in [3.63, 3.8) is 0 Å². The van der Waals surface area contributed by atoms with E-state index in [1.54, 1.807) is 17.8 Å². The second-order valence-electron chi connectivity index (χ2n) is 4.68. The first-order valence-corrected chi connectivity index (χ1v) is 7.21. The van der Waals surface area contributed by atoms with E-state index < -0.39 is 5.76 Å². The Hall–Kier alpha value is -2.14. The number of hydrogen-bond acceptors (Lipinski definition) is 4. The fourth-order valence-corrected chi connectivity index (χ4v) is 3.01. The Labute approximate surface area is 120 Å². The minimum absolute atomic E-state index is 0.458. The highest BCUT2D eigenvalue weighted by atomic mass is 32.2. The molecule has 3 rings (SSSR count). The fourth-order valence-electron chi connectivity index (χ4n) is 2.08. The summed E-state index contributed by atoms with van der Waals surface area (Å²) in [6.45, 7) is 2.07. The van der Waals surface area contributed by atoms with E-state index in [9.17, 15) is 4.79 Å². The number of oxazole rings is 1. The van der Waals surface area contributed by atoms with Crippen LogP contribution in [0.15, 0.2) is 50.5 Å². The number of nitrogens with one attached hydrogen (secondary N) is 1. The first-order chi connectivity index (χ1) is 9.61. The molecule has 0 unspecified atom stereocenters. The zero-order valence-electron chi connectivity index (χ0n) is 11.0. The van der Waals surface area contributed by atoms with Gasteiger partial charge >= 0.3 is 5.76 Å². The number of nitrogen functional groups attached to an aromatic ring is 1. The van der Waals surface area contributed by atoms with Crippen LogP contribution in [-0.2, 0) is 5.75 Å². The summed E-state index contributed by atoms with van der Waals surface area (Å²) in [4.78, 5) is 14.7. The van der Waals surface area contributed by atoms with Gasteiger partial charge in [-0.1, -0.05) is 29.8 Å². The van der Waals surface area contributed by atoms with E-state index in [1.165, 1.54) is 11.1 Å². The molecule has 0 spiro atoms. The lowest BCUT2D eigenvalue weighted by molar-refractivity contribution is 0.555. The van der Waals surface area contributed by atoms with Gasteiger partial charge in [-0.25, -0.2) is 4.79 Å². The number of aryl methyl sites for hydroxylation is 1. The van der Waals surface area contributed by atoms with Crippen LogP contribution in [0, 0.1) is 6.92 Å². The van der Waals surface area contributed by atoms with Gasteiger partial charge in [-0.3, -0.25) is 4.98 Å². The molecule has 0 amide bonds. The molecule has 1 aromatic heterocycles. The fraction of sp³-hybridized carbons (Fsp3) is 0.133. The van der Waals surface area contributed by atoms with E-state index in [-0.39, 0.29) is 0 Å². The van der Waals surface area contributed by atoms with Gasteiger partial charge in [0.05, 0.1) is 5.52 Å². The molecule has 1 heterocycles. The Morgan fingerprint density at radius 2 is 2.15 bits per heavy atom. The van der Waals surface area contributed by atoms with Crippen molar-refractivity contribution in [1.82, 2.24) is 4.98 Å². The summed E-state index contributed by atoms with van der Waals surface area (Å²) in [5, 5.41) is 0. The van der Waals surface area contributed by atoms with Crippen LogP contribution in [0.5, 0.6) is 0 Å². The molecule has 102 valence electrons. The monoisotopic (exact) mass is 286 g/mol. The quantitative estimate of drug-likeness (QED) is 0.572. The maximum Gasteiger partial charge on any atom is 0.417 e.